The first-order valence-corrected chi connectivity index (χ1v) is 7.96. The van der Waals surface area contributed by atoms with Gasteiger partial charge in [0.25, 0.3) is 10.0 Å². The number of rotatable bonds is 3. The van der Waals surface area contributed by atoms with Gasteiger partial charge >= 0.3 is 0 Å². The maximum Gasteiger partial charge on any atom is 0.252 e. The molecule has 0 bridgehead atoms. The molecule has 1 aliphatic heterocycles. The van der Waals surface area contributed by atoms with Crippen LogP contribution in [-0.4, -0.2) is 32.4 Å². The van der Waals surface area contributed by atoms with E-state index in [9.17, 15) is 8.42 Å². The highest BCUT2D eigenvalue weighted by atomic mass is 35.5. The van der Waals surface area contributed by atoms with Crippen molar-refractivity contribution in [3.05, 3.63) is 16.5 Å². The lowest BCUT2D eigenvalue weighted by Gasteiger charge is -2.21. The normalized spacial score (nSPS) is 26.5. The lowest BCUT2D eigenvalue weighted by atomic mass is 9.90. The van der Waals surface area contributed by atoms with E-state index in [1.54, 1.807) is 12.1 Å². The van der Waals surface area contributed by atoms with Crippen molar-refractivity contribution in [2.24, 2.45) is 11.1 Å². The Labute approximate surface area is 110 Å². The van der Waals surface area contributed by atoms with Crippen LogP contribution in [0.25, 0.3) is 0 Å². The van der Waals surface area contributed by atoms with Crippen molar-refractivity contribution < 1.29 is 8.42 Å². The molecule has 17 heavy (non-hydrogen) atoms. The van der Waals surface area contributed by atoms with Crippen molar-refractivity contribution in [2.75, 3.05) is 19.6 Å². The quantitative estimate of drug-likeness (QED) is 0.924. The largest absolute Gasteiger partial charge is 0.330 e. The fourth-order valence-electron chi connectivity index (χ4n) is 1.91. The van der Waals surface area contributed by atoms with Crippen molar-refractivity contribution in [3.63, 3.8) is 0 Å². The number of hydrogen-bond donors (Lipinski definition) is 1. The summed E-state index contributed by atoms with van der Waals surface area (Å²) in [7, 11) is -3.39. The van der Waals surface area contributed by atoms with Gasteiger partial charge in [0.1, 0.15) is 4.21 Å². The van der Waals surface area contributed by atoms with Crippen molar-refractivity contribution in [1.82, 2.24) is 4.31 Å². The van der Waals surface area contributed by atoms with Crippen LogP contribution in [0, 0.1) is 5.41 Å². The highest BCUT2D eigenvalue weighted by Gasteiger charge is 2.39. The Morgan fingerprint density at radius 3 is 2.76 bits per heavy atom. The number of nitrogens with two attached hydrogens (primary N) is 1. The van der Waals surface area contributed by atoms with E-state index in [-0.39, 0.29) is 5.41 Å². The van der Waals surface area contributed by atoms with Crippen LogP contribution in [0.3, 0.4) is 0 Å². The van der Waals surface area contributed by atoms with Gasteiger partial charge in [-0.1, -0.05) is 18.5 Å². The van der Waals surface area contributed by atoms with Crippen molar-refractivity contribution in [3.8, 4) is 0 Å². The van der Waals surface area contributed by atoms with Crippen molar-refractivity contribution in [1.29, 1.82) is 0 Å². The fourth-order valence-corrected chi connectivity index (χ4v) is 5.14. The third-order valence-electron chi connectivity index (χ3n) is 3.16. The Balaban J connectivity index is 2.24. The molecule has 4 nitrogen and oxygen atoms in total. The summed E-state index contributed by atoms with van der Waals surface area (Å²) in [5.41, 5.74) is 5.57. The van der Waals surface area contributed by atoms with E-state index in [1.807, 2.05) is 6.92 Å². The highest BCUT2D eigenvalue weighted by molar-refractivity contribution is 7.91. The SMILES string of the molecule is CC1(CN)CCN(S(=O)(=O)c2ccc(Cl)s2)C1. The Bertz CT molecular complexity index is 514. The van der Waals surface area contributed by atoms with E-state index in [1.165, 1.54) is 4.31 Å². The van der Waals surface area contributed by atoms with E-state index in [2.05, 4.69) is 0 Å². The third kappa shape index (κ3) is 2.51. The van der Waals surface area contributed by atoms with Gasteiger partial charge in [-0.05, 0) is 30.5 Å². The molecular formula is C10H15ClN2O2S2. The zero-order chi connectivity index (χ0) is 12.7. The molecule has 1 unspecified atom stereocenters. The zero-order valence-electron chi connectivity index (χ0n) is 9.52. The predicted octanol–water partition coefficient (Wildman–Crippen LogP) is 1.76. The smallest absolute Gasteiger partial charge is 0.252 e. The van der Waals surface area contributed by atoms with Gasteiger partial charge in [0.05, 0.1) is 4.34 Å². The monoisotopic (exact) mass is 294 g/mol. The van der Waals surface area contributed by atoms with E-state index in [0.717, 1.165) is 17.8 Å². The number of hydrogen-bond acceptors (Lipinski definition) is 4. The Morgan fingerprint density at radius 1 is 1.59 bits per heavy atom. The summed E-state index contributed by atoms with van der Waals surface area (Å²) in [6.45, 7) is 3.54. The summed E-state index contributed by atoms with van der Waals surface area (Å²) in [5.74, 6) is 0. The molecule has 1 atom stereocenters. The summed E-state index contributed by atoms with van der Waals surface area (Å²) in [4.78, 5) is 0. The van der Waals surface area contributed by atoms with E-state index >= 15 is 0 Å². The molecule has 0 saturated carbocycles. The van der Waals surface area contributed by atoms with Crippen LogP contribution in [0.1, 0.15) is 13.3 Å². The molecule has 1 saturated heterocycles. The number of thiophene rings is 1. The second kappa shape index (κ2) is 4.51. The van der Waals surface area contributed by atoms with Gasteiger partial charge in [-0.3, -0.25) is 0 Å². The highest BCUT2D eigenvalue weighted by Crippen LogP contribution is 2.35. The molecule has 0 spiro atoms. The van der Waals surface area contributed by atoms with Gasteiger partial charge in [0, 0.05) is 13.1 Å². The summed E-state index contributed by atoms with van der Waals surface area (Å²) >= 11 is 6.87. The average molecular weight is 295 g/mol. The Morgan fingerprint density at radius 2 is 2.29 bits per heavy atom. The number of halogens is 1. The fraction of sp³-hybridized carbons (Fsp3) is 0.600. The summed E-state index contributed by atoms with van der Waals surface area (Å²) in [5, 5.41) is 0. The molecule has 2 rings (SSSR count). The van der Waals surface area contributed by atoms with Gasteiger partial charge in [-0.15, -0.1) is 11.3 Å². The standard InChI is InChI=1S/C10H15ClN2O2S2/c1-10(6-12)4-5-13(7-10)17(14,15)9-3-2-8(11)16-9/h2-3H,4-7,12H2,1H3. The Kier molecular flexibility index (Phi) is 3.53. The van der Waals surface area contributed by atoms with Crippen LogP contribution in [-0.2, 0) is 10.0 Å². The van der Waals surface area contributed by atoms with E-state index < -0.39 is 10.0 Å². The lowest BCUT2D eigenvalue weighted by molar-refractivity contribution is 0.350. The van der Waals surface area contributed by atoms with Crippen LogP contribution in [0.4, 0.5) is 0 Å². The molecule has 2 N–H and O–H groups in total. The van der Waals surface area contributed by atoms with Gasteiger partial charge in [-0.25, -0.2) is 8.42 Å². The molecule has 7 heteroatoms. The first-order chi connectivity index (χ1) is 7.87. The van der Waals surface area contributed by atoms with Crippen LogP contribution in [0.15, 0.2) is 16.3 Å². The average Bonchev–Trinajstić information content (AvgIpc) is 2.86. The minimum Gasteiger partial charge on any atom is -0.330 e. The topological polar surface area (TPSA) is 63.4 Å². The van der Waals surface area contributed by atoms with Crippen molar-refractivity contribution >= 4 is 33.0 Å². The molecule has 1 aromatic heterocycles. The molecule has 0 aromatic carbocycles. The van der Waals surface area contributed by atoms with Gasteiger partial charge in [-0.2, -0.15) is 4.31 Å². The van der Waals surface area contributed by atoms with Gasteiger partial charge in [0.15, 0.2) is 0 Å². The molecule has 1 fully saturated rings. The second-order valence-corrected chi connectivity index (χ2v) is 8.54. The minimum absolute atomic E-state index is 0.103. The first kappa shape index (κ1) is 13.3. The molecule has 2 heterocycles. The maximum absolute atomic E-state index is 12.3. The second-order valence-electron chi connectivity index (χ2n) is 4.66. The van der Waals surface area contributed by atoms with Crippen LogP contribution in [0.5, 0.6) is 0 Å². The minimum atomic E-state index is -3.39. The summed E-state index contributed by atoms with van der Waals surface area (Å²) < 4.78 is 26.9. The molecule has 1 aromatic rings. The predicted molar refractivity (Wildman–Crippen MR) is 69.9 cm³/mol. The van der Waals surface area contributed by atoms with E-state index in [4.69, 9.17) is 17.3 Å². The molecule has 1 aliphatic rings. The molecule has 0 amide bonds. The lowest BCUT2D eigenvalue weighted by Crippen LogP contribution is -2.34. The maximum atomic E-state index is 12.3. The van der Waals surface area contributed by atoms with Gasteiger partial charge in [0.2, 0.25) is 0 Å². The third-order valence-corrected chi connectivity index (χ3v) is 6.70. The van der Waals surface area contributed by atoms with Crippen LogP contribution < -0.4 is 5.73 Å². The van der Waals surface area contributed by atoms with E-state index in [0.29, 0.717) is 28.2 Å². The molecule has 96 valence electrons. The van der Waals surface area contributed by atoms with Gasteiger partial charge < -0.3 is 5.73 Å². The Hall–Kier alpha value is -0.140. The molecular weight excluding hydrogens is 280 g/mol. The molecule has 0 aliphatic carbocycles. The van der Waals surface area contributed by atoms with Crippen LogP contribution >= 0.6 is 22.9 Å². The number of nitrogens with zero attached hydrogens (tertiary/aromatic N) is 1. The summed E-state index contributed by atoms with van der Waals surface area (Å²) in [6.07, 6.45) is 0.807. The zero-order valence-corrected chi connectivity index (χ0v) is 11.9. The number of sulfonamides is 1. The summed E-state index contributed by atoms with van der Waals surface area (Å²) in [6, 6.07) is 3.16. The van der Waals surface area contributed by atoms with Crippen molar-refractivity contribution in [2.45, 2.75) is 17.6 Å². The first-order valence-electron chi connectivity index (χ1n) is 5.33. The molecule has 0 radical (unpaired) electrons. The van der Waals surface area contributed by atoms with Crippen LogP contribution in [0.2, 0.25) is 4.34 Å².